The van der Waals surface area contributed by atoms with Crippen molar-refractivity contribution in [2.45, 2.75) is 33.3 Å². The maximum Gasteiger partial charge on any atom is 0.238 e. The predicted octanol–water partition coefficient (Wildman–Crippen LogP) is 4.33. The number of nitrogens with one attached hydrogen (secondary N) is 1. The van der Waals surface area contributed by atoms with E-state index < -0.39 is 0 Å². The van der Waals surface area contributed by atoms with Gasteiger partial charge in [0.05, 0.1) is 6.54 Å². The molecule has 1 amide bonds. The lowest BCUT2D eigenvalue weighted by atomic mass is 10.2. The fourth-order valence-corrected chi connectivity index (χ4v) is 2.68. The minimum absolute atomic E-state index is 0.0276. The number of carbonyl (C=O) groups is 1. The van der Waals surface area contributed by atoms with Crippen molar-refractivity contribution < 1.29 is 9.53 Å². The molecule has 0 unspecified atom stereocenters. The van der Waals surface area contributed by atoms with E-state index in [-0.39, 0.29) is 5.91 Å². The highest BCUT2D eigenvalue weighted by molar-refractivity contribution is 5.92. The van der Waals surface area contributed by atoms with E-state index in [9.17, 15) is 4.79 Å². The second-order valence-electron chi connectivity index (χ2n) is 6.12. The summed E-state index contributed by atoms with van der Waals surface area (Å²) < 4.78 is 5.76. The van der Waals surface area contributed by atoms with Crippen LogP contribution in [0, 0.1) is 0 Å². The third-order valence-corrected chi connectivity index (χ3v) is 3.83. The number of hydrogen-bond acceptors (Lipinski definition) is 3. The Balaban J connectivity index is 1.81. The summed E-state index contributed by atoms with van der Waals surface area (Å²) in [4.78, 5) is 14.4. The summed E-state index contributed by atoms with van der Waals surface area (Å²) in [6.45, 7) is 7.15. The maximum absolute atomic E-state index is 12.2. The number of benzene rings is 2. The van der Waals surface area contributed by atoms with E-state index in [1.54, 1.807) is 0 Å². The second-order valence-corrected chi connectivity index (χ2v) is 6.12. The van der Waals surface area contributed by atoms with Gasteiger partial charge in [-0.3, -0.25) is 9.69 Å². The van der Waals surface area contributed by atoms with Gasteiger partial charge in [-0.25, -0.2) is 0 Å². The summed E-state index contributed by atoms with van der Waals surface area (Å²) in [6.07, 6.45) is 2.11. The smallest absolute Gasteiger partial charge is 0.238 e. The van der Waals surface area contributed by atoms with Crippen molar-refractivity contribution in [3.05, 3.63) is 60.2 Å². The van der Waals surface area contributed by atoms with Crippen LogP contribution in [0.25, 0.3) is 0 Å². The van der Waals surface area contributed by atoms with E-state index in [1.165, 1.54) is 0 Å². The number of anilines is 1. The molecule has 0 aliphatic heterocycles. The first kappa shape index (κ1) is 19.0. The van der Waals surface area contributed by atoms with E-state index in [0.717, 1.165) is 42.9 Å². The molecule has 2 aromatic rings. The molecule has 2 rings (SSSR count). The molecule has 0 fully saturated rings. The van der Waals surface area contributed by atoms with Crippen molar-refractivity contribution in [1.29, 1.82) is 0 Å². The van der Waals surface area contributed by atoms with Crippen molar-refractivity contribution in [1.82, 2.24) is 4.90 Å². The van der Waals surface area contributed by atoms with Gasteiger partial charge in [0.25, 0.3) is 0 Å². The third kappa shape index (κ3) is 6.98. The van der Waals surface area contributed by atoms with Crippen LogP contribution in [0.4, 0.5) is 5.69 Å². The molecule has 1 N–H and O–H groups in total. The average Bonchev–Trinajstić information content (AvgIpc) is 2.62. The van der Waals surface area contributed by atoms with Crippen LogP contribution in [0.15, 0.2) is 54.6 Å². The van der Waals surface area contributed by atoms with Crippen molar-refractivity contribution >= 4 is 11.6 Å². The lowest BCUT2D eigenvalue weighted by Gasteiger charge is -2.20. The fourth-order valence-electron chi connectivity index (χ4n) is 2.68. The number of carbonyl (C=O) groups excluding carboxylic acids is 1. The summed E-state index contributed by atoms with van der Waals surface area (Å²) in [5.41, 5.74) is 1.93. The first-order valence-corrected chi connectivity index (χ1v) is 9.00. The highest BCUT2D eigenvalue weighted by atomic mass is 16.5. The standard InChI is InChI=1S/C21H28N2O2/c1-3-14-23(15-4-2)16-21(24)22-19-10-12-20(13-11-19)25-17-18-8-6-5-7-9-18/h5-13H,3-4,14-17H2,1-2H3,(H,22,24). The van der Waals surface area contributed by atoms with Crippen LogP contribution in [-0.4, -0.2) is 30.4 Å². The average molecular weight is 340 g/mol. The summed E-state index contributed by atoms with van der Waals surface area (Å²) in [6, 6.07) is 17.6. The zero-order valence-corrected chi connectivity index (χ0v) is 15.2. The van der Waals surface area contributed by atoms with Crippen molar-refractivity contribution in [2.24, 2.45) is 0 Å². The summed E-state index contributed by atoms with van der Waals surface area (Å²) >= 11 is 0. The van der Waals surface area contributed by atoms with Crippen LogP contribution in [-0.2, 0) is 11.4 Å². The van der Waals surface area contributed by atoms with Gasteiger partial charge in [0.1, 0.15) is 12.4 Å². The van der Waals surface area contributed by atoms with Crippen molar-refractivity contribution in [2.75, 3.05) is 25.0 Å². The van der Waals surface area contributed by atoms with E-state index in [1.807, 2.05) is 54.6 Å². The molecule has 0 aliphatic carbocycles. The van der Waals surface area contributed by atoms with Crippen molar-refractivity contribution in [3.63, 3.8) is 0 Å². The Hall–Kier alpha value is -2.33. The minimum atomic E-state index is 0.0276. The van der Waals surface area contributed by atoms with Gasteiger partial charge in [-0.2, -0.15) is 0 Å². The summed E-state index contributed by atoms with van der Waals surface area (Å²) in [5.74, 6) is 0.820. The molecule has 0 saturated carbocycles. The van der Waals surface area contributed by atoms with Gasteiger partial charge in [-0.05, 0) is 55.8 Å². The lowest BCUT2D eigenvalue weighted by Crippen LogP contribution is -2.34. The van der Waals surface area contributed by atoms with Gasteiger partial charge in [0.15, 0.2) is 0 Å². The van der Waals surface area contributed by atoms with E-state index >= 15 is 0 Å². The molecule has 0 radical (unpaired) electrons. The van der Waals surface area contributed by atoms with Crippen LogP contribution in [0.3, 0.4) is 0 Å². The van der Waals surface area contributed by atoms with Gasteiger partial charge < -0.3 is 10.1 Å². The molecule has 25 heavy (non-hydrogen) atoms. The molecule has 0 bridgehead atoms. The largest absolute Gasteiger partial charge is 0.489 e. The van der Waals surface area contributed by atoms with E-state index in [4.69, 9.17) is 4.74 Å². The Kier molecular flexibility index (Phi) is 7.99. The van der Waals surface area contributed by atoms with E-state index in [2.05, 4.69) is 24.1 Å². The lowest BCUT2D eigenvalue weighted by molar-refractivity contribution is -0.117. The first-order chi connectivity index (χ1) is 12.2. The van der Waals surface area contributed by atoms with Crippen LogP contribution in [0.5, 0.6) is 5.75 Å². The first-order valence-electron chi connectivity index (χ1n) is 9.00. The van der Waals surface area contributed by atoms with Crippen LogP contribution in [0.1, 0.15) is 32.3 Å². The summed E-state index contributed by atoms with van der Waals surface area (Å²) in [5, 5.41) is 2.95. The van der Waals surface area contributed by atoms with E-state index in [0.29, 0.717) is 13.2 Å². The molecule has 0 aromatic heterocycles. The molecule has 2 aromatic carbocycles. The molecule has 0 spiro atoms. The molecule has 0 heterocycles. The quantitative estimate of drug-likeness (QED) is 0.700. The fraction of sp³-hybridized carbons (Fsp3) is 0.381. The Morgan fingerprint density at radius 2 is 1.60 bits per heavy atom. The highest BCUT2D eigenvalue weighted by Gasteiger charge is 2.09. The zero-order valence-electron chi connectivity index (χ0n) is 15.2. The predicted molar refractivity (Wildman–Crippen MR) is 103 cm³/mol. The number of amides is 1. The Bertz CT molecular complexity index is 620. The van der Waals surface area contributed by atoms with Gasteiger partial charge in [-0.1, -0.05) is 44.2 Å². The minimum Gasteiger partial charge on any atom is -0.489 e. The highest BCUT2D eigenvalue weighted by Crippen LogP contribution is 2.17. The topological polar surface area (TPSA) is 41.6 Å². The zero-order chi connectivity index (χ0) is 17.9. The molecular weight excluding hydrogens is 312 g/mol. The van der Waals surface area contributed by atoms with Crippen molar-refractivity contribution in [3.8, 4) is 5.75 Å². The number of hydrogen-bond donors (Lipinski definition) is 1. The molecule has 134 valence electrons. The number of rotatable bonds is 10. The van der Waals surface area contributed by atoms with Gasteiger partial charge >= 0.3 is 0 Å². The number of nitrogens with zero attached hydrogens (tertiary/aromatic N) is 1. The normalized spacial score (nSPS) is 10.7. The molecule has 0 saturated heterocycles. The monoisotopic (exact) mass is 340 g/mol. The molecule has 4 heteroatoms. The summed E-state index contributed by atoms with van der Waals surface area (Å²) in [7, 11) is 0. The van der Waals surface area contributed by atoms with Crippen LogP contribution < -0.4 is 10.1 Å². The van der Waals surface area contributed by atoms with Crippen LogP contribution >= 0.6 is 0 Å². The molecule has 4 nitrogen and oxygen atoms in total. The Morgan fingerprint density at radius 1 is 0.960 bits per heavy atom. The third-order valence-electron chi connectivity index (χ3n) is 3.83. The molecule has 0 aliphatic rings. The second kappa shape index (κ2) is 10.5. The Labute approximate surface area is 150 Å². The van der Waals surface area contributed by atoms with Gasteiger partial charge in [0, 0.05) is 5.69 Å². The maximum atomic E-state index is 12.2. The van der Waals surface area contributed by atoms with Gasteiger partial charge in [0.2, 0.25) is 5.91 Å². The SMILES string of the molecule is CCCN(CCC)CC(=O)Nc1ccc(OCc2ccccc2)cc1. The van der Waals surface area contributed by atoms with Gasteiger partial charge in [-0.15, -0.1) is 0 Å². The Morgan fingerprint density at radius 3 is 2.20 bits per heavy atom. The number of ether oxygens (including phenoxy) is 1. The molecular formula is C21H28N2O2. The molecule has 0 atom stereocenters. The van der Waals surface area contributed by atoms with Crippen LogP contribution in [0.2, 0.25) is 0 Å².